The van der Waals surface area contributed by atoms with Crippen molar-refractivity contribution < 1.29 is 4.74 Å². The Balaban J connectivity index is 2.07. The van der Waals surface area contributed by atoms with Gasteiger partial charge in [0, 0.05) is 22.8 Å². The summed E-state index contributed by atoms with van der Waals surface area (Å²) in [6.45, 7) is 2.07. The summed E-state index contributed by atoms with van der Waals surface area (Å²) < 4.78 is 6.56. The third-order valence-corrected chi connectivity index (χ3v) is 3.72. The van der Waals surface area contributed by atoms with Crippen molar-refractivity contribution >= 4 is 27.5 Å². The molecule has 2 aromatic rings. The molecular weight excluding hydrogens is 340 g/mol. The average molecular weight is 356 g/mol. The van der Waals surface area contributed by atoms with E-state index < -0.39 is 0 Å². The Hall–Kier alpha value is -1.10. The van der Waals surface area contributed by atoms with Gasteiger partial charge in [-0.05, 0) is 36.6 Å². The second-order valence-corrected chi connectivity index (χ2v) is 5.88. The van der Waals surface area contributed by atoms with Crippen LogP contribution in [0.3, 0.4) is 0 Å². The molecule has 0 fully saturated rings. The van der Waals surface area contributed by atoms with Crippen LogP contribution in [0.1, 0.15) is 18.9 Å². The molecule has 0 aliphatic carbocycles. The van der Waals surface area contributed by atoms with Crippen LogP contribution in [-0.2, 0) is 6.42 Å². The molecule has 1 atom stereocenters. The summed E-state index contributed by atoms with van der Waals surface area (Å²) in [7, 11) is 0. The minimum atomic E-state index is 0.171. The summed E-state index contributed by atoms with van der Waals surface area (Å²) in [6.07, 6.45) is 3.56. The smallest absolute Gasteiger partial charge is 0.219 e. The highest BCUT2D eigenvalue weighted by Crippen LogP contribution is 2.30. The molecule has 3 nitrogen and oxygen atoms in total. The first-order chi connectivity index (χ1) is 9.58. The molecule has 5 heteroatoms. The van der Waals surface area contributed by atoms with Crippen LogP contribution in [0, 0.1) is 0 Å². The van der Waals surface area contributed by atoms with Gasteiger partial charge in [-0.1, -0.05) is 40.5 Å². The molecule has 0 aliphatic rings. The van der Waals surface area contributed by atoms with Gasteiger partial charge in [0.05, 0.1) is 5.02 Å². The molecule has 0 aliphatic heterocycles. The van der Waals surface area contributed by atoms with Crippen molar-refractivity contribution in [2.75, 3.05) is 0 Å². The van der Waals surface area contributed by atoms with E-state index in [0.29, 0.717) is 16.7 Å². The van der Waals surface area contributed by atoms with Crippen LogP contribution in [0.15, 0.2) is 41.0 Å². The van der Waals surface area contributed by atoms with Gasteiger partial charge >= 0.3 is 0 Å². The number of hydrogen-bond acceptors (Lipinski definition) is 3. The Labute approximate surface area is 132 Å². The van der Waals surface area contributed by atoms with Crippen LogP contribution in [-0.4, -0.2) is 11.0 Å². The number of nitrogens with two attached hydrogens (primary N) is 1. The van der Waals surface area contributed by atoms with Crippen molar-refractivity contribution in [1.82, 2.24) is 4.98 Å². The maximum Gasteiger partial charge on any atom is 0.219 e. The average Bonchev–Trinajstić information content (AvgIpc) is 2.44. The molecule has 2 rings (SSSR count). The molecule has 1 aromatic heterocycles. The first kappa shape index (κ1) is 15.3. The van der Waals surface area contributed by atoms with Crippen LogP contribution in [0.25, 0.3) is 0 Å². The number of nitrogens with zero attached hydrogens (tertiary/aromatic N) is 1. The maximum absolute atomic E-state index is 6.10. The van der Waals surface area contributed by atoms with Crippen molar-refractivity contribution in [3.63, 3.8) is 0 Å². The quantitative estimate of drug-likeness (QED) is 0.854. The lowest BCUT2D eigenvalue weighted by atomic mass is 10.1. The Kier molecular flexibility index (Phi) is 5.40. The Morgan fingerprint density at radius 2 is 2.15 bits per heavy atom. The van der Waals surface area contributed by atoms with Crippen molar-refractivity contribution in [1.29, 1.82) is 0 Å². The largest absolute Gasteiger partial charge is 0.437 e. The Morgan fingerprint density at radius 1 is 1.35 bits per heavy atom. The van der Waals surface area contributed by atoms with Gasteiger partial charge in [-0.2, -0.15) is 0 Å². The third-order valence-electron chi connectivity index (χ3n) is 2.93. The van der Waals surface area contributed by atoms with E-state index in [9.17, 15) is 0 Å². The Bertz CT molecular complexity index is 575. The minimum Gasteiger partial charge on any atom is -0.437 e. The zero-order valence-electron chi connectivity index (χ0n) is 11.1. The molecular formula is C15H16BrClN2O. The highest BCUT2D eigenvalue weighted by molar-refractivity contribution is 9.10. The number of halogens is 2. The van der Waals surface area contributed by atoms with Crippen molar-refractivity contribution in [2.24, 2.45) is 5.73 Å². The van der Waals surface area contributed by atoms with Crippen LogP contribution < -0.4 is 10.5 Å². The van der Waals surface area contributed by atoms with Gasteiger partial charge in [0.25, 0.3) is 0 Å². The van der Waals surface area contributed by atoms with E-state index in [1.54, 1.807) is 18.3 Å². The van der Waals surface area contributed by atoms with Crippen molar-refractivity contribution in [3.8, 4) is 11.6 Å². The topological polar surface area (TPSA) is 48.1 Å². The lowest BCUT2D eigenvalue weighted by Gasteiger charge is -2.10. The summed E-state index contributed by atoms with van der Waals surface area (Å²) in [6, 6.07) is 9.43. The molecule has 0 radical (unpaired) electrons. The fourth-order valence-corrected chi connectivity index (χ4v) is 2.42. The highest BCUT2D eigenvalue weighted by Gasteiger charge is 2.06. The van der Waals surface area contributed by atoms with Gasteiger partial charge in [-0.25, -0.2) is 4.98 Å². The number of ether oxygens (including phenoxy) is 1. The van der Waals surface area contributed by atoms with Gasteiger partial charge in [0.15, 0.2) is 0 Å². The summed E-state index contributed by atoms with van der Waals surface area (Å²) in [5.74, 6) is 1.10. The number of benzene rings is 1. The summed E-state index contributed by atoms with van der Waals surface area (Å²) >= 11 is 9.45. The normalized spacial score (nSPS) is 12.2. The van der Waals surface area contributed by atoms with Gasteiger partial charge in [0.2, 0.25) is 5.88 Å². The fourth-order valence-electron chi connectivity index (χ4n) is 1.71. The number of aromatic nitrogens is 1. The van der Waals surface area contributed by atoms with Crippen LogP contribution in [0.2, 0.25) is 5.02 Å². The zero-order valence-corrected chi connectivity index (χ0v) is 13.5. The molecule has 1 unspecified atom stereocenters. The predicted octanol–water partition coefficient (Wildman–Crippen LogP) is 4.57. The van der Waals surface area contributed by atoms with E-state index in [1.807, 2.05) is 18.2 Å². The summed E-state index contributed by atoms with van der Waals surface area (Å²) in [5, 5.41) is 0.540. The molecule has 20 heavy (non-hydrogen) atoms. The molecule has 0 spiro atoms. The highest BCUT2D eigenvalue weighted by atomic mass is 79.9. The molecule has 0 saturated carbocycles. The minimum absolute atomic E-state index is 0.171. The third kappa shape index (κ3) is 4.20. The van der Waals surface area contributed by atoms with Crippen molar-refractivity contribution in [3.05, 3.63) is 51.6 Å². The van der Waals surface area contributed by atoms with E-state index in [-0.39, 0.29) is 6.04 Å². The monoisotopic (exact) mass is 354 g/mol. The summed E-state index contributed by atoms with van der Waals surface area (Å²) in [4.78, 5) is 4.28. The van der Waals surface area contributed by atoms with Gasteiger partial charge in [0.1, 0.15) is 5.75 Å². The van der Waals surface area contributed by atoms with E-state index >= 15 is 0 Å². The van der Waals surface area contributed by atoms with Crippen LogP contribution >= 0.6 is 27.5 Å². The fraction of sp³-hybridized carbons (Fsp3) is 0.267. The first-order valence-corrected chi connectivity index (χ1v) is 7.59. The van der Waals surface area contributed by atoms with Gasteiger partial charge in [-0.15, -0.1) is 0 Å². The second kappa shape index (κ2) is 7.07. The molecule has 106 valence electrons. The second-order valence-electron chi connectivity index (χ2n) is 4.55. The lowest BCUT2D eigenvalue weighted by molar-refractivity contribution is 0.462. The van der Waals surface area contributed by atoms with E-state index in [0.717, 1.165) is 22.9 Å². The van der Waals surface area contributed by atoms with E-state index in [4.69, 9.17) is 22.1 Å². The van der Waals surface area contributed by atoms with Gasteiger partial charge < -0.3 is 10.5 Å². The molecule has 0 saturated heterocycles. The summed E-state index contributed by atoms with van der Waals surface area (Å²) in [5.41, 5.74) is 7.02. The number of rotatable bonds is 5. The molecule has 1 heterocycles. The molecule has 0 bridgehead atoms. The van der Waals surface area contributed by atoms with Crippen molar-refractivity contribution in [2.45, 2.75) is 25.8 Å². The SMILES string of the molecule is CCC(N)Cc1ccc(Oc2ccc(Br)cc2Cl)nc1. The first-order valence-electron chi connectivity index (χ1n) is 6.42. The maximum atomic E-state index is 6.10. The lowest BCUT2D eigenvalue weighted by Crippen LogP contribution is -2.21. The predicted molar refractivity (Wildman–Crippen MR) is 85.4 cm³/mol. The molecule has 2 N–H and O–H groups in total. The van der Waals surface area contributed by atoms with Crippen LogP contribution in [0.4, 0.5) is 0 Å². The number of pyridine rings is 1. The zero-order chi connectivity index (χ0) is 14.5. The van der Waals surface area contributed by atoms with E-state index in [2.05, 4.69) is 27.8 Å². The number of hydrogen-bond donors (Lipinski definition) is 1. The Morgan fingerprint density at radius 3 is 2.75 bits per heavy atom. The van der Waals surface area contributed by atoms with Crippen LogP contribution in [0.5, 0.6) is 11.6 Å². The standard InChI is InChI=1S/C15H16BrClN2O/c1-2-12(18)7-10-3-6-15(19-9-10)20-14-5-4-11(16)8-13(14)17/h3-6,8-9,12H,2,7,18H2,1H3. The molecule has 0 amide bonds. The van der Waals surface area contributed by atoms with E-state index in [1.165, 1.54) is 0 Å². The van der Waals surface area contributed by atoms with Gasteiger partial charge in [-0.3, -0.25) is 0 Å². The molecule has 1 aromatic carbocycles.